The molecule has 0 atom stereocenters. The first-order valence-corrected chi connectivity index (χ1v) is 18.2. The zero-order valence-corrected chi connectivity index (χ0v) is 29.2. The monoisotopic (exact) mass is 673 g/mol. The summed E-state index contributed by atoms with van der Waals surface area (Å²) in [6, 6.07) is 77.2. The first-order valence-electron chi connectivity index (χ1n) is 18.2. The van der Waals surface area contributed by atoms with Gasteiger partial charge in [-0.1, -0.05) is 170 Å². The lowest BCUT2D eigenvalue weighted by atomic mass is 9.94. The van der Waals surface area contributed by atoms with Gasteiger partial charge in [0.15, 0.2) is 0 Å². The third-order valence-electron chi connectivity index (χ3n) is 10.6. The molecule has 10 rings (SSSR count). The topological polar surface area (TPSA) is 3.24 Å². The van der Waals surface area contributed by atoms with E-state index in [2.05, 4.69) is 217 Å². The molecule has 10 aromatic rings. The standard InChI is InChI=1S/C52H35N/c1-2-9-36(10-3-1)44-14-8-15-48(34-44)53(49-31-27-37-11-4-5-13-43(37)35-49)47-29-25-39(26-30-47)38-17-19-40(20-18-38)45-28-32-51-46(33-45)24-23-42-22-21-41-12-6-7-16-50(41)52(42)51/h1-35H. The summed E-state index contributed by atoms with van der Waals surface area (Å²) in [4.78, 5) is 2.36. The molecule has 0 radical (unpaired) electrons. The minimum absolute atomic E-state index is 1.11. The van der Waals surface area contributed by atoms with E-state index in [0.29, 0.717) is 0 Å². The summed E-state index contributed by atoms with van der Waals surface area (Å²) in [6.07, 6.45) is 0. The van der Waals surface area contributed by atoms with E-state index in [9.17, 15) is 0 Å². The Morgan fingerprint density at radius 2 is 0.717 bits per heavy atom. The minimum Gasteiger partial charge on any atom is -0.310 e. The second-order valence-electron chi connectivity index (χ2n) is 13.8. The molecule has 0 unspecified atom stereocenters. The van der Waals surface area contributed by atoms with Gasteiger partial charge in [-0.2, -0.15) is 0 Å². The van der Waals surface area contributed by atoms with Crippen molar-refractivity contribution in [2.24, 2.45) is 0 Å². The van der Waals surface area contributed by atoms with Gasteiger partial charge < -0.3 is 4.90 Å². The fraction of sp³-hybridized carbons (Fsp3) is 0. The molecule has 0 aliphatic carbocycles. The van der Waals surface area contributed by atoms with Crippen molar-refractivity contribution < 1.29 is 0 Å². The number of benzene rings is 10. The van der Waals surface area contributed by atoms with Gasteiger partial charge in [0.25, 0.3) is 0 Å². The van der Waals surface area contributed by atoms with Crippen LogP contribution in [0.1, 0.15) is 0 Å². The molecule has 0 N–H and O–H groups in total. The van der Waals surface area contributed by atoms with Crippen molar-refractivity contribution in [2.45, 2.75) is 0 Å². The zero-order chi connectivity index (χ0) is 35.1. The molecule has 0 saturated carbocycles. The molecule has 53 heavy (non-hydrogen) atoms. The average molecular weight is 674 g/mol. The van der Waals surface area contributed by atoms with E-state index < -0.39 is 0 Å². The molecule has 0 saturated heterocycles. The van der Waals surface area contributed by atoms with Crippen LogP contribution in [-0.2, 0) is 0 Å². The molecule has 0 aromatic heterocycles. The van der Waals surface area contributed by atoms with Gasteiger partial charge in [-0.15, -0.1) is 0 Å². The largest absolute Gasteiger partial charge is 0.310 e. The fourth-order valence-electron chi connectivity index (χ4n) is 7.89. The molecule has 0 fully saturated rings. The fourth-order valence-corrected chi connectivity index (χ4v) is 7.89. The average Bonchev–Trinajstić information content (AvgIpc) is 3.24. The van der Waals surface area contributed by atoms with Crippen LogP contribution in [0.2, 0.25) is 0 Å². The molecule has 1 heteroatoms. The molecule has 0 heterocycles. The lowest BCUT2D eigenvalue weighted by Crippen LogP contribution is -2.10. The summed E-state index contributed by atoms with van der Waals surface area (Å²) in [5.74, 6) is 0. The molecule has 0 spiro atoms. The van der Waals surface area contributed by atoms with Crippen molar-refractivity contribution in [3.05, 3.63) is 212 Å². The second-order valence-corrected chi connectivity index (χ2v) is 13.8. The predicted octanol–water partition coefficient (Wildman–Crippen LogP) is 14.8. The molecule has 0 aliphatic heterocycles. The highest BCUT2D eigenvalue weighted by atomic mass is 15.1. The normalized spacial score (nSPS) is 11.4. The van der Waals surface area contributed by atoms with Crippen molar-refractivity contribution >= 4 is 60.2 Å². The third kappa shape index (κ3) is 5.69. The van der Waals surface area contributed by atoms with Crippen LogP contribution in [0.25, 0.3) is 76.5 Å². The maximum atomic E-state index is 2.36. The minimum atomic E-state index is 1.11. The smallest absolute Gasteiger partial charge is 0.0468 e. The van der Waals surface area contributed by atoms with Crippen molar-refractivity contribution in [1.82, 2.24) is 0 Å². The predicted molar refractivity (Wildman–Crippen MR) is 227 cm³/mol. The Hall–Kier alpha value is -6.96. The van der Waals surface area contributed by atoms with Crippen LogP contribution in [0.4, 0.5) is 17.1 Å². The van der Waals surface area contributed by atoms with E-state index in [1.165, 1.54) is 76.5 Å². The van der Waals surface area contributed by atoms with E-state index in [0.717, 1.165) is 17.1 Å². The van der Waals surface area contributed by atoms with E-state index >= 15 is 0 Å². The van der Waals surface area contributed by atoms with Crippen molar-refractivity contribution in [3.8, 4) is 33.4 Å². The summed E-state index contributed by atoms with van der Waals surface area (Å²) in [5.41, 5.74) is 10.6. The summed E-state index contributed by atoms with van der Waals surface area (Å²) >= 11 is 0. The van der Waals surface area contributed by atoms with E-state index in [4.69, 9.17) is 0 Å². The van der Waals surface area contributed by atoms with Crippen molar-refractivity contribution in [2.75, 3.05) is 4.90 Å². The van der Waals surface area contributed by atoms with Crippen LogP contribution in [0.3, 0.4) is 0 Å². The molecular weight excluding hydrogens is 639 g/mol. The van der Waals surface area contributed by atoms with Gasteiger partial charge >= 0.3 is 0 Å². The number of hydrogen-bond acceptors (Lipinski definition) is 1. The first kappa shape index (κ1) is 30.8. The number of fused-ring (bicyclic) bond motifs is 6. The van der Waals surface area contributed by atoms with Crippen LogP contribution < -0.4 is 4.90 Å². The lowest BCUT2D eigenvalue weighted by molar-refractivity contribution is 1.29. The summed E-state index contributed by atoms with van der Waals surface area (Å²) < 4.78 is 0. The third-order valence-corrected chi connectivity index (χ3v) is 10.6. The molecular formula is C52H35N. The van der Waals surface area contributed by atoms with Gasteiger partial charge in [-0.25, -0.2) is 0 Å². The van der Waals surface area contributed by atoms with Gasteiger partial charge in [-0.3, -0.25) is 0 Å². The number of hydrogen-bond donors (Lipinski definition) is 0. The maximum Gasteiger partial charge on any atom is 0.0468 e. The molecule has 1 nitrogen and oxygen atoms in total. The molecule has 248 valence electrons. The lowest BCUT2D eigenvalue weighted by Gasteiger charge is -2.26. The van der Waals surface area contributed by atoms with Gasteiger partial charge in [0, 0.05) is 17.1 Å². The second kappa shape index (κ2) is 13.0. The molecule has 10 aromatic carbocycles. The van der Waals surface area contributed by atoms with Crippen LogP contribution in [-0.4, -0.2) is 0 Å². The van der Waals surface area contributed by atoms with Crippen LogP contribution in [0.5, 0.6) is 0 Å². The Bertz CT molecular complexity index is 2920. The highest BCUT2D eigenvalue weighted by Crippen LogP contribution is 2.39. The van der Waals surface area contributed by atoms with Crippen LogP contribution >= 0.6 is 0 Å². The van der Waals surface area contributed by atoms with E-state index in [-0.39, 0.29) is 0 Å². The molecule has 0 aliphatic rings. The summed E-state index contributed by atoms with van der Waals surface area (Å²) in [5, 5.41) is 10.2. The Balaban J connectivity index is 0.981. The maximum absolute atomic E-state index is 2.36. The number of rotatable bonds is 6. The van der Waals surface area contributed by atoms with Crippen molar-refractivity contribution in [1.29, 1.82) is 0 Å². The summed E-state index contributed by atoms with van der Waals surface area (Å²) in [6.45, 7) is 0. The van der Waals surface area contributed by atoms with Gasteiger partial charge in [0.05, 0.1) is 0 Å². The first-order chi connectivity index (χ1) is 26.2. The Morgan fingerprint density at radius 1 is 0.226 bits per heavy atom. The number of nitrogens with zero attached hydrogens (tertiary/aromatic N) is 1. The Morgan fingerprint density at radius 3 is 1.51 bits per heavy atom. The Kier molecular flexibility index (Phi) is 7.55. The van der Waals surface area contributed by atoms with Gasteiger partial charge in [0.2, 0.25) is 0 Å². The number of anilines is 3. The molecule has 0 amide bonds. The SMILES string of the molecule is c1ccc(-c2cccc(N(c3ccc(-c4ccc(-c5ccc6c(ccc7ccc8ccccc8c76)c5)cc4)cc3)c3ccc4ccccc4c3)c2)cc1. The van der Waals surface area contributed by atoms with Crippen LogP contribution in [0.15, 0.2) is 212 Å². The van der Waals surface area contributed by atoms with Gasteiger partial charge in [0.1, 0.15) is 0 Å². The summed E-state index contributed by atoms with van der Waals surface area (Å²) in [7, 11) is 0. The Labute approximate surface area is 309 Å². The van der Waals surface area contributed by atoms with Crippen LogP contribution in [0, 0.1) is 0 Å². The molecule has 0 bridgehead atoms. The zero-order valence-electron chi connectivity index (χ0n) is 29.2. The highest BCUT2D eigenvalue weighted by molar-refractivity contribution is 6.20. The van der Waals surface area contributed by atoms with E-state index in [1.54, 1.807) is 0 Å². The highest BCUT2D eigenvalue weighted by Gasteiger charge is 2.15. The van der Waals surface area contributed by atoms with Crippen molar-refractivity contribution in [3.63, 3.8) is 0 Å². The van der Waals surface area contributed by atoms with Gasteiger partial charge in [-0.05, 0) is 119 Å². The quantitative estimate of drug-likeness (QED) is 0.159. The van der Waals surface area contributed by atoms with E-state index in [1.807, 2.05) is 0 Å².